The summed E-state index contributed by atoms with van der Waals surface area (Å²) >= 11 is 0. The number of carbonyl (C=O) groups is 3. The molecule has 0 aliphatic heterocycles. The molecule has 3 N–H and O–H groups in total. The number of carbonyl (C=O) groups excluding carboxylic acids is 3. The third-order valence-electron chi connectivity index (χ3n) is 28.3. The number of aryl methyl sites for hydroxylation is 2. The fourth-order valence-electron chi connectivity index (χ4n) is 23.9. The SMILES string of the molecule is C=C(Cn1ccc(C)n1)[C@H]1CC[C@H]2[C@@H]3CC=C4C[C@](C)(O)CC[C@@H]4[C@H]3CC[C@]12C.CCOC(=O)c1cnn(CC(=O)[C@H]2CC[C@H]3[C@@H]4CC=C5C[C@](C)(O)CC[C@@H]5[C@H]4CC[C@]23C)c1.Cc1ccnn1CC(=O)[C@H]1CC[C@H]2[C@@H]3CC=C4C[C@](C)(O)CC[C@@H]4[C@H]3CC[C@]12C. The zero-order valence-corrected chi connectivity index (χ0v) is 57.0. The van der Waals surface area contributed by atoms with Gasteiger partial charge in [0, 0.05) is 36.1 Å². The van der Waals surface area contributed by atoms with Crippen LogP contribution in [-0.4, -0.2) is 85.6 Å². The van der Waals surface area contributed by atoms with Crippen LogP contribution < -0.4 is 0 Å². The molecule has 9 fully saturated rings. The van der Waals surface area contributed by atoms with Crippen LogP contribution in [0.5, 0.6) is 0 Å². The number of fused-ring (bicyclic) bond motifs is 15. The van der Waals surface area contributed by atoms with Gasteiger partial charge in [-0.3, -0.25) is 23.6 Å². The number of rotatable bonds is 11. The van der Waals surface area contributed by atoms with E-state index in [9.17, 15) is 29.7 Å². The molecule has 3 heterocycles. The van der Waals surface area contributed by atoms with Crippen molar-refractivity contribution in [1.29, 1.82) is 0 Å². The number of nitrogens with zero attached hydrogens (tertiary/aromatic N) is 6. The quantitative estimate of drug-likeness (QED) is 0.124. The predicted molar refractivity (Wildman–Crippen MR) is 355 cm³/mol. The fourth-order valence-corrected chi connectivity index (χ4v) is 23.9. The number of aliphatic hydroxyl groups is 3. The second-order valence-electron chi connectivity index (χ2n) is 33.8. The van der Waals surface area contributed by atoms with Crippen LogP contribution in [-0.2, 0) is 34.0 Å². The average molecular weight is 1250 g/mol. The molecule has 3 aromatic heterocycles. The van der Waals surface area contributed by atoms with Crippen molar-refractivity contribution in [3.05, 3.63) is 101 Å². The molecule has 0 radical (unpaired) electrons. The molecule has 0 amide bonds. The lowest BCUT2D eigenvalue weighted by atomic mass is 9.51. The van der Waals surface area contributed by atoms with Gasteiger partial charge in [-0.2, -0.15) is 15.3 Å². The highest BCUT2D eigenvalue weighted by molar-refractivity contribution is 5.89. The summed E-state index contributed by atoms with van der Waals surface area (Å²) in [6, 6.07) is 4.07. The minimum Gasteiger partial charge on any atom is -0.462 e. The van der Waals surface area contributed by atoms with E-state index in [1.54, 1.807) is 29.6 Å². The Morgan fingerprint density at radius 1 is 0.549 bits per heavy atom. The molecule has 12 aliphatic rings. The van der Waals surface area contributed by atoms with Gasteiger partial charge in [-0.1, -0.05) is 67.9 Å². The molecule has 496 valence electrons. The Morgan fingerprint density at radius 3 is 1.43 bits per heavy atom. The van der Waals surface area contributed by atoms with Gasteiger partial charge in [0.2, 0.25) is 0 Å². The first kappa shape index (κ1) is 65.0. The summed E-state index contributed by atoms with van der Waals surface area (Å²) in [4.78, 5) is 38.6. The van der Waals surface area contributed by atoms with Gasteiger partial charge in [0.25, 0.3) is 0 Å². The van der Waals surface area contributed by atoms with E-state index < -0.39 is 22.8 Å². The Bertz CT molecular complexity index is 3320. The lowest BCUT2D eigenvalue weighted by Gasteiger charge is -2.54. The Labute approximate surface area is 544 Å². The molecule has 21 atom stereocenters. The average Bonchev–Trinajstić information content (AvgIpc) is 1.72. The van der Waals surface area contributed by atoms with Gasteiger partial charge in [-0.15, -0.1) is 0 Å². The highest BCUT2D eigenvalue weighted by Gasteiger charge is 2.61. The topological polar surface area (TPSA) is 175 Å². The van der Waals surface area contributed by atoms with Crippen LogP contribution in [0.1, 0.15) is 224 Å². The highest BCUT2D eigenvalue weighted by atomic mass is 16.5. The number of allylic oxidation sites excluding steroid dienone is 4. The first-order chi connectivity index (χ1) is 43.3. The number of hydrogen-bond acceptors (Lipinski definition) is 10. The molecule has 12 aliphatic carbocycles. The summed E-state index contributed by atoms with van der Waals surface area (Å²) < 4.78 is 10.6. The van der Waals surface area contributed by atoms with E-state index in [1.165, 1.54) is 87.1 Å². The van der Waals surface area contributed by atoms with Gasteiger partial charge in [0.1, 0.15) is 6.54 Å². The van der Waals surface area contributed by atoms with E-state index in [2.05, 4.69) is 84.7 Å². The summed E-state index contributed by atoms with van der Waals surface area (Å²) in [6.45, 7) is 25.7. The number of ketones is 2. The van der Waals surface area contributed by atoms with E-state index in [0.717, 1.165) is 143 Å². The van der Waals surface area contributed by atoms with E-state index in [0.29, 0.717) is 71.3 Å². The van der Waals surface area contributed by atoms with Crippen molar-refractivity contribution in [3.63, 3.8) is 0 Å². The van der Waals surface area contributed by atoms with Crippen LogP contribution in [0, 0.1) is 119 Å². The van der Waals surface area contributed by atoms with E-state index >= 15 is 0 Å². The van der Waals surface area contributed by atoms with Crippen molar-refractivity contribution in [2.45, 2.75) is 253 Å². The molecule has 13 nitrogen and oxygen atoms in total. The van der Waals surface area contributed by atoms with Crippen LogP contribution in [0.15, 0.2) is 84.0 Å². The summed E-state index contributed by atoms with van der Waals surface area (Å²) in [7, 11) is 0. The molecule has 0 spiro atoms. The number of aromatic nitrogens is 6. The predicted octanol–water partition coefficient (Wildman–Crippen LogP) is 15.0. The van der Waals surface area contributed by atoms with Crippen LogP contribution in [0.3, 0.4) is 0 Å². The smallest absolute Gasteiger partial charge is 0.341 e. The van der Waals surface area contributed by atoms with Crippen molar-refractivity contribution < 1.29 is 34.4 Å². The van der Waals surface area contributed by atoms with E-state index in [-0.39, 0.29) is 35.0 Å². The first-order valence-corrected chi connectivity index (χ1v) is 36.4. The maximum absolute atomic E-state index is 13.4. The number of hydrogen-bond donors (Lipinski definition) is 3. The van der Waals surface area contributed by atoms with Crippen molar-refractivity contribution in [1.82, 2.24) is 29.3 Å². The second-order valence-corrected chi connectivity index (χ2v) is 33.8. The lowest BCUT2D eigenvalue weighted by Crippen LogP contribution is -2.48. The maximum atomic E-state index is 13.4. The molecule has 0 unspecified atom stereocenters. The normalized spacial score (nSPS) is 42.4. The van der Waals surface area contributed by atoms with Gasteiger partial charge in [-0.25, -0.2) is 4.79 Å². The molecule has 3 aromatic rings. The zero-order chi connectivity index (χ0) is 64.2. The minimum absolute atomic E-state index is 0.0564. The summed E-state index contributed by atoms with van der Waals surface area (Å²) in [6.07, 6.45) is 41.3. The van der Waals surface area contributed by atoms with Crippen molar-refractivity contribution >= 4 is 17.5 Å². The molecule has 0 aromatic carbocycles. The number of Topliss-reactive ketones (excluding diaryl/α,β-unsaturated/α-hetero) is 2. The molecule has 0 bridgehead atoms. The van der Waals surface area contributed by atoms with Gasteiger partial charge >= 0.3 is 5.97 Å². The van der Waals surface area contributed by atoms with Gasteiger partial charge in [0.15, 0.2) is 11.6 Å². The molecule has 15 rings (SSSR count). The van der Waals surface area contributed by atoms with Crippen molar-refractivity contribution in [2.24, 2.45) is 105 Å². The Balaban J connectivity index is 0.000000125. The van der Waals surface area contributed by atoms with Crippen molar-refractivity contribution in [2.75, 3.05) is 6.61 Å². The molecule has 13 heteroatoms. The Kier molecular flexibility index (Phi) is 17.7. The monoisotopic (exact) mass is 1240 g/mol. The highest BCUT2D eigenvalue weighted by Crippen LogP contribution is 2.67. The third-order valence-corrected chi connectivity index (χ3v) is 28.3. The molecule has 91 heavy (non-hydrogen) atoms. The first-order valence-electron chi connectivity index (χ1n) is 36.4. The number of esters is 1. The summed E-state index contributed by atoms with van der Waals surface area (Å²) in [5.41, 5.74) is 7.66. The lowest BCUT2D eigenvalue weighted by molar-refractivity contribution is -0.130. The Hall–Kier alpha value is -4.72. The van der Waals surface area contributed by atoms with E-state index in [4.69, 9.17) is 4.74 Å². The van der Waals surface area contributed by atoms with Crippen LogP contribution in [0.4, 0.5) is 0 Å². The standard InChI is InChI=1S/C27H38N2O4.C26H38N2O.C25H36N2O2/c1-4-33-25(31)18-14-28-29(15-18)16-24(30)23-8-7-22-21-6-5-17-13-26(2,32)11-9-19(17)20(21)10-12-27(22,23)3;1-17(16-28-14-11-18(2)27-28)23-7-8-24-22-6-5-19-15-25(3,29)12-9-20(19)21(22)10-13-26(23,24)4;1-16-10-13-26-27(16)15-23(28)22-7-6-21-20-5-4-17-14-24(2,29)11-8-18(17)19(20)9-12-25(21,22)3/h5,14-15,19-23,32H,4,6-13,16H2,1-3H3;5,11,14,20-24,29H,1,6-10,12-13,15-16H2,2-4H3;4,10,13,18-22,29H,5-9,11-12,14-15H2,1-3H3/t19-,20+,21+,22-,23+,26+,27-;20-,21+,22+,23+,24-,25+,26+;18-,19+,20+,21-,22+,24+,25-/m000/s1. The largest absolute Gasteiger partial charge is 0.462 e. The third kappa shape index (κ3) is 12.3. The van der Waals surface area contributed by atoms with Gasteiger partial charge in [0.05, 0.1) is 54.0 Å². The molecular weight excluding hydrogens is 1130 g/mol. The van der Waals surface area contributed by atoms with Crippen LogP contribution in [0.2, 0.25) is 0 Å². The van der Waals surface area contributed by atoms with Crippen molar-refractivity contribution in [3.8, 4) is 0 Å². The van der Waals surface area contributed by atoms with Crippen LogP contribution in [0.25, 0.3) is 0 Å². The second kappa shape index (κ2) is 24.8. The zero-order valence-electron chi connectivity index (χ0n) is 57.0. The Morgan fingerprint density at radius 2 is 1.00 bits per heavy atom. The van der Waals surface area contributed by atoms with Crippen LogP contribution >= 0.6 is 0 Å². The van der Waals surface area contributed by atoms with Gasteiger partial charge in [-0.05, 0) is 301 Å². The fraction of sp³-hybridized carbons (Fsp3) is 0.744. The van der Waals surface area contributed by atoms with E-state index in [1.807, 2.05) is 38.4 Å². The maximum Gasteiger partial charge on any atom is 0.341 e. The number of ether oxygens (including phenoxy) is 1. The van der Waals surface area contributed by atoms with Gasteiger partial charge < -0.3 is 20.1 Å². The summed E-state index contributed by atoms with van der Waals surface area (Å²) in [5, 5.41) is 44.9. The molecular formula is C78H112N6O7. The molecule has 0 saturated heterocycles. The molecule has 9 saturated carbocycles. The summed E-state index contributed by atoms with van der Waals surface area (Å²) in [5.74, 6) is 9.87. The minimum atomic E-state index is -0.539.